The molecule has 2 heterocycles. The number of benzene rings is 1. The Morgan fingerprint density at radius 2 is 2.04 bits per heavy atom. The van der Waals surface area contributed by atoms with Crippen LogP contribution in [0.15, 0.2) is 51.4 Å². The third-order valence-electron chi connectivity index (χ3n) is 3.41. The molecule has 1 N–H and O–H groups in total. The van der Waals surface area contributed by atoms with Crippen LogP contribution in [0, 0.1) is 17.0 Å². The number of furan rings is 1. The van der Waals surface area contributed by atoms with Crippen LogP contribution in [0.4, 0.5) is 11.6 Å². The molecule has 10 heteroatoms. The third kappa shape index (κ3) is 4.18. The second kappa shape index (κ2) is 7.52. The van der Waals surface area contributed by atoms with E-state index in [-0.39, 0.29) is 23.6 Å². The number of ether oxygens (including phenoxy) is 1. The number of rotatable bonds is 6. The smallest absolute Gasteiger partial charge is 0.433 e. The van der Waals surface area contributed by atoms with Crippen molar-refractivity contribution in [2.24, 2.45) is 0 Å². The molecule has 0 spiro atoms. The molecule has 0 bridgehead atoms. The Kier molecular flexibility index (Phi) is 4.97. The van der Waals surface area contributed by atoms with Gasteiger partial charge < -0.3 is 19.0 Å². The zero-order valence-corrected chi connectivity index (χ0v) is 14.0. The number of aromatic nitrogens is 1. The van der Waals surface area contributed by atoms with E-state index in [9.17, 15) is 19.7 Å². The summed E-state index contributed by atoms with van der Waals surface area (Å²) < 4.78 is 15.0. The number of nitrogens with one attached hydrogen (secondary N) is 1. The van der Waals surface area contributed by atoms with Crippen LogP contribution >= 0.6 is 0 Å². The van der Waals surface area contributed by atoms with Crippen molar-refractivity contribution in [1.82, 2.24) is 5.16 Å². The van der Waals surface area contributed by atoms with Crippen molar-refractivity contribution in [2.45, 2.75) is 13.5 Å². The van der Waals surface area contributed by atoms with E-state index in [1.54, 1.807) is 25.1 Å². The number of carbonyl (C=O) groups is 2. The Bertz CT molecular complexity index is 1010. The van der Waals surface area contributed by atoms with Crippen LogP contribution in [0.25, 0.3) is 0 Å². The minimum Gasteiger partial charge on any atom is -0.454 e. The van der Waals surface area contributed by atoms with Gasteiger partial charge in [0, 0.05) is 6.07 Å². The lowest BCUT2D eigenvalue weighted by Crippen LogP contribution is -2.15. The summed E-state index contributed by atoms with van der Waals surface area (Å²) in [6.45, 7) is 1.62. The molecule has 0 atom stereocenters. The largest absolute Gasteiger partial charge is 0.454 e. The van der Waals surface area contributed by atoms with Crippen molar-refractivity contribution >= 4 is 23.4 Å². The Morgan fingerprint density at radius 1 is 1.26 bits per heavy atom. The number of hydrogen-bond donors (Lipinski definition) is 1. The van der Waals surface area contributed by atoms with Gasteiger partial charge in [0.1, 0.15) is 4.92 Å². The van der Waals surface area contributed by atoms with E-state index < -0.39 is 22.7 Å². The van der Waals surface area contributed by atoms with Gasteiger partial charge in [-0.2, -0.15) is 0 Å². The van der Waals surface area contributed by atoms with Crippen molar-refractivity contribution in [3.05, 3.63) is 75.4 Å². The van der Waals surface area contributed by atoms with Crippen LogP contribution in [0.3, 0.4) is 0 Å². The summed E-state index contributed by atoms with van der Waals surface area (Å²) in [5.74, 6) is -1.87. The van der Waals surface area contributed by atoms with Crippen molar-refractivity contribution in [2.75, 3.05) is 5.32 Å². The molecule has 1 aromatic carbocycles. The van der Waals surface area contributed by atoms with Gasteiger partial charge >= 0.3 is 11.9 Å². The third-order valence-corrected chi connectivity index (χ3v) is 3.41. The Labute approximate surface area is 151 Å². The quantitative estimate of drug-likeness (QED) is 0.396. The monoisotopic (exact) mass is 371 g/mol. The van der Waals surface area contributed by atoms with Crippen LogP contribution in [0.1, 0.15) is 32.4 Å². The van der Waals surface area contributed by atoms with E-state index in [0.29, 0.717) is 11.5 Å². The zero-order valence-electron chi connectivity index (χ0n) is 14.0. The van der Waals surface area contributed by atoms with Crippen LogP contribution in [-0.2, 0) is 11.3 Å². The molecule has 0 saturated carbocycles. The maximum absolute atomic E-state index is 12.3. The highest BCUT2D eigenvalue weighted by atomic mass is 16.6. The number of para-hydroxylation sites is 1. The van der Waals surface area contributed by atoms with Gasteiger partial charge in [0.05, 0.1) is 23.0 Å². The second-order valence-electron chi connectivity index (χ2n) is 5.41. The number of hydrogen-bond acceptors (Lipinski definition) is 8. The van der Waals surface area contributed by atoms with E-state index in [0.717, 1.165) is 6.07 Å². The predicted octanol–water partition coefficient (Wildman–Crippen LogP) is 3.09. The highest BCUT2D eigenvalue weighted by molar-refractivity contribution is 6.06. The maximum atomic E-state index is 12.3. The molecule has 3 rings (SSSR count). The Hall–Kier alpha value is -3.95. The lowest BCUT2D eigenvalue weighted by molar-refractivity contribution is -0.402. The van der Waals surface area contributed by atoms with E-state index in [2.05, 4.69) is 10.5 Å². The summed E-state index contributed by atoms with van der Waals surface area (Å²) in [5, 5.41) is 16.8. The summed E-state index contributed by atoms with van der Waals surface area (Å²) in [6.07, 6.45) is 0. The lowest BCUT2D eigenvalue weighted by atomic mass is 10.1. The van der Waals surface area contributed by atoms with Gasteiger partial charge in [0.2, 0.25) is 0 Å². The number of nitrogens with zero attached hydrogens (tertiary/aromatic N) is 2. The van der Waals surface area contributed by atoms with E-state index in [1.807, 2.05) is 0 Å². The molecule has 2 aromatic heterocycles. The van der Waals surface area contributed by atoms with Gasteiger partial charge in [-0.1, -0.05) is 17.3 Å². The van der Waals surface area contributed by atoms with E-state index >= 15 is 0 Å². The predicted molar refractivity (Wildman–Crippen MR) is 90.1 cm³/mol. The van der Waals surface area contributed by atoms with Crippen molar-refractivity contribution in [3.8, 4) is 0 Å². The Balaban J connectivity index is 1.71. The molecule has 27 heavy (non-hydrogen) atoms. The molecule has 0 radical (unpaired) electrons. The molecule has 10 nitrogen and oxygen atoms in total. The molecule has 3 aromatic rings. The topological polar surface area (TPSA) is 138 Å². The SMILES string of the molecule is Cc1cc(COC(=O)c2ccccc2NC(=O)c2ccc([N+](=O)[O-])o2)on1. The van der Waals surface area contributed by atoms with Crippen LogP contribution in [-0.4, -0.2) is 22.0 Å². The van der Waals surface area contributed by atoms with Gasteiger partial charge in [0.15, 0.2) is 18.1 Å². The number of amides is 1. The van der Waals surface area contributed by atoms with Gasteiger partial charge in [-0.05, 0) is 25.1 Å². The van der Waals surface area contributed by atoms with Crippen LogP contribution in [0.5, 0.6) is 0 Å². The second-order valence-corrected chi connectivity index (χ2v) is 5.41. The average molecular weight is 371 g/mol. The fourth-order valence-electron chi connectivity index (χ4n) is 2.20. The molecule has 1 amide bonds. The first-order chi connectivity index (χ1) is 12.9. The normalized spacial score (nSPS) is 10.4. The minimum atomic E-state index is -0.757. The molecule has 0 aliphatic carbocycles. The lowest BCUT2D eigenvalue weighted by Gasteiger charge is -2.09. The molecule has 138 valence electrons. The van der Waals surface area contributed by atoms with Gasteiger partial charge in [-0.3, -0.25) is 14.9 Å². The number of anilines is 1. The summed E-state index contributed by atoms with van der Waals surface area (Å²) in [7, 11) is 0. The molecular formula is C17H13N3O7. The van der Waals surface area contributed by atoms with Gasteiger partial charge in [0.25, 0.3) is 5.91 Å². The van der Waals surface area contributed by atoms with Crippen molar-refractivity contribution in [1.29, 1.82) is 0 Å². The number of esters is 1. The molecule has 0 fully saturated rings. The zero-order chi connectivity index (χ0) is 19.4. The van der Waals surface area contributed by atoms with E-state index in [1.165, 1.54) is 18.2 Å². The first-order valence-corrected chi connectivity index (χ1v) is 7.68. The summed E-state index contributed by atoms with van der Waals surface area (Å²) in [4.78, 5) is 34.4. The highest BCUT2D eigenvalue weighted by Gasteiger charge is 2.20. The summed E-state index contributed by atoms with van der Waals surface area (Å²) in [6, 6.07) is 10.0. The Morgan fingerprint density at radius 3 is 2.70 bits per heavy atom. The van der Waals surface area contributed by atoms with Crippen LogP contribution < -0.4 is 5.32 Å². The summed E-state index contributed by atoms with van der Waals surface area (Å²) in [5.41, 5.74) is 0.921. The van der Waals surface area contributed by atoms with E-state index in [4.69, 9.17) is 13.7 Å². The number of carbonyl (C=O) groups excluding carboxylic acids is 2. The van der Waals surface area contributed by atoms with Crippen LogP contribution in [0.2, 0.25) is 0 Å². The fraction of sp³-hybridized carbons (Fsp3) is 0.118. The first-order valence-electron chi connectivity index (χ1n) is 7.68. The van der Waals surface area contributed by atoms with Gasteiger partial charge in [-0.15, -0.1) is 0 Å². The number of nitro groups is 1. The summed E-state index contributed by atoms with van der Waals surface area (Å²) >= 11 is 0. The molecule has 0 saturated heterocycles. The first kappa shape index (κ1) is 17.9. The molecular weight excluding hydrogens is 358 g/mol. The van der Waals surface area contributed by atoms with Crippen molar-refractivity contribution < 1.29 is 28.2 Å². The number of aryl methyl sites for hydroxylation is 1. The maximum Gasteiger partial charge on any atom is 0.433 e. The average Bonchev–Trinajstić information content (AvgIpc) is 3.29. The van der Waals surface area contributed by atoms with Gasteiger partial charge in [-0.25, -0.2) is 4.79 Å². The molecule has 0 aliphatic heterocycles. The molecule has 0 unspecified atom stereocenters. The minimum absolute atomic E-state index is 0.100. The highest BCUT2D eigenvalue weighted by Crippen LogP contribution is 2.20. The van der Waals surface area contributed by atoms with Crippen molar-refractivity contribution in [3.63, 3.8) is 0 Å². The standard InChI is InChI=1S/C17H13N3O7/c1-10-8-11(27-19-10)9-25-17(22)12-4-2-3-5-13(12)18-16(21)14-6-7-15(26-14)20(23)24/h2-8H,9H2,1H3,(H,18,21). The fourth-order valence-corrected chi connectivity index (χ4v) is 2.20. The molecule has 0 aliphatic rings.